The van der Waals surface area contributed by atoms with Crippen LogP contribution in [0.2, 0.25) is 0 Å². The molecule has 0 saturated carbocycles. The van der Waals surface area contributed by atoms with E-state index in [2.05, 4.69) is 24.1 Å². The number of halogens is 1. The van der Waals surface area contributed by atoms with E-state index in [1.807, 2.05) is 24.5 Å². The van der Waals surface area contributed by atoms with Crippen LogP contribution >= 0.6 is 12.4 Å². The Labute approximate surface area is 86.2 Å². The van der Waals surface area contributed by atoms with Gasteiger partial charge in [0.05, 0.1) is 0 Å². The van der Waals surface area contributed by atoms with Crippen LogP contribution in [0.5, 0.6) is 0 Å². The summed E-state index contributed by atoms with van der Waals surface area (Å²) < 4.78 is 0. The molecule has 0 aliphatic heterocycles. The van der Waals surface area contributed by atoms with Crippen molar-refractivity contribution in [1.82, 2.24) is 10.3 Å². The monoisotopic (exact) mass is 200 g/mol. The zero-order valence-corrected chi connectivity index (χ0v) is 8.97. The molecule has 0 radical (unpaired) electrons. The summed E-state index contributed by atoms with van der Waals surface area (Å²) in [5.41, 5.74) is 1.30. The third-order valence-corrected chi connectivity index (χ3v) is 1.63. The fourth-order valence-electron chi connectivity index (χ4n) is 1.01. The van der Waals surface area contributed by atoms with Crippen molar-refractivity contribution in [2.75, 3.05) is 6.54 Å². The Bertz CT molecular complexity index is 211. The molecule has 0 saturated heterocycles. The Hall–Kier alpha value is -0.600. The molecule has 0 unspecified atom stereocenters. The summed E-state index contributed by atoms with van der Waals surface area (Å²) in [5, 5.41) is 3.37. The first-order valence-electron chi connectivity index (χ1n) is 4.38. The Balaban J connectivity index is 0.00000144. The maximum Gasteiger partial charge on any atom is 0.0271 e. The summed E-state index contributed by atoms with van der Waals surface area (Å²) in [7, 11) is 0. The number of aromatic nitrogens is 1. The largest absolute Gasteiger partial charge is 0.312 e. The average Bonchev–Trinajstić information content (AvgIpc) is 2.05. The number of hydrogen-bond acceptors (Lipinski definition) is 2. The van der Waals surface area contributed by atoms with Gasteiger partial charge in [0.25, 0.3) is 0 Å². The highest BCUT2D eigenvalue weighted by molar-refractivity contribution is 5.85. The molecular formula is C10H17ClN2. The van der Waals surface area contributed by atoms with Gasteiger partial charge in [-0.1, -0.05) is 13.8 Å². The van der Waals surface area contributed by atoms with Crippen molar-refractivity contribution in [3.63, 3.8) is 0 Å². The van der Waals surface area contributed by atoms with Crippen LogP contribution in [-0.2, 0) is 6.54 Å². The van der Waals surface area contributed by atoms with Crippen LogP contribution in [0.1, 0.15) is 19.4 Å². The number of rotatable bonds is 4. The van der Waals surface area contributed by atoms with Gasteiger partial charge < -0.3 is 5.32 Å². The Kier molecular flexibility index (Phi) is 6.55. The molecule has 0 spiro atoms. The van der Waals surface area contributed by atoms with Gasteiger partial charge in [-0.05, 0) is 30.2 Å². The van der Waals surface area contributed by atoms with Crippen LogP contribution in [0.15, 0.2) is 24.5 Å². The van der Waals surface area contributed by atoms with Crippen LogP contribution < -0.4 is 5.32 Å². The molecule has 0 aliphatic carbocycles. The molecule has 1 aromatic rings. The summed E-state index contributed by atoms with van der Waals surface area (Å²) in [6, 6.07) is 4.07. The van der Waals surface area contributed by atoms with Crippen molar-refractivity contribution in [1.29, 1.82) is 0 Å². The van der Waals surface area contributed by atoms with Crippen molar-refractivity contribution in [3.05, 3.63) is 30.1 Å². The molecule has 0 bridgehead atoms. The normalized spacial score (nSPS) is 9.77. The van der Waals surface area contributed by atoms with Gasteiger partial charge in [-0.25, -0.2) is 0 Å². The van der Waals surface area contributed by atoms with Crippen LogP contribution in [-0.4, -0.2) is 11.5 Å². The molecule has 74 valence electrons. The van der Waals surface area contributed by atoms with E-state index in [0.29, 0.717) is 5.92 Å². The molecule has 1 aromatic heterocycles. The molecule has 13 heavy (non-hydrogen) atoms. The Morgan fingerprint density at radius 2 is 1.92 bits per heavy atom. The molecular weight excluding hydrogens is 184 g/mol. The molecule has 0 fully saturated rings. The molecule has 3 heteroatoms. The zero-order chi connectivity index (χ0) is 8.81. The summed E-state index contributed by atoms with van der Waals surface area (Å²) in [6.07, 6.45) is 3.65. The molecule has 1 N–H and O–H groups in total. The fraction of sp³-hybridized carbons (Fsp3) is 0.500. The van der Waals surface area contributed by atoms with Gasteiger partial charge in [-0.2, -0.15) is 0 Å². The van der Waals surface area contributed by atoms with Crippen LogP contribution in [0.4, 0.5) is 0 Å². The third kappa shape index (κ3) is 5.61. The van der Waals surface area contributed by atoms with E-state index in [9.17, 15) is 0 Å². The van der Waals surface area contributed by atoms with Crippen molar-refractivity contribution < 1.29 is 0 Å². The zero-order valence-electron chi connectivity index (χ0n) is 8.16. The minimum absolute atomic E-state index is 0. The third-order valence-electron chi connectivity index (χ3n) is 1.63. The van der Waals surface area contributed by atoms with E-state index < -0.39 is 0 Å². The Morgan fingerprint density at radius 1 is 1.31 bits per heavy atom. The molecule has 0 aromatic carbocycles. The maximum absolute atomic E-state index is 3.96. The van der Waals surface area contributed by atoms with Gasteiger partial charge in [0.15, 0.2) is 0 Å². The highest BCUT2D eigenvalue weighted by Crippen LogP contribution is 1.95. The van der Waals surface area contributed by atoms with E-state index in [0.717, 1.165) is 13.1 Å². The fourth-order valence-corrected chi connectivity index (χ4v) is 1.01. The highest BCUT2D eigenvalue weighted by atomic mass is 35.5. The van der Waals surface area contributed by atoms with Crippen LogP contribution in [0.3, 0.4) is 0 Å². The van der Waals surface area contributed by atoms with Gasteiger partial charge in [0.2, 0.25) is 0 Å². The van der Waals surface area contributed by atoms with Gasteiger partial charge >= 0.3 is 0 Å². The first-order chi connectivity index (χ1) is 5.79. The predicted octanol–water partition coefficient (Wildman–Crippen LogP) is 2.25. The minimum atomic E-state index is 0. The highest BCUT2D eigenvalue weighted by Gasteiger charge is 1.93. The predicted molar refractivity (Wildman–Crippen MR) is 58.0 cm³/mol. The number of hydrogen-bond donors (Lipinski definition) is 1. The SMILES string of the molecule is CC(C)CNCc1ccncc1.Cl. The second kappa shape index (κ2) is 6.87. The van der Waals surface area contributed by atoms with Gasteiger partial charge in [-0.15, -0.1) is 12.4 Å². The summed E-state index contributed by atoms with van der Waals surface area (Å²) >= 11 is 0. The molecule has 2 nitrogen and oxygen atoms in total. The quantitative estimate of drug-likeness (QED) is 0.807. The lowest BCUT2D eigenvalue weighted by Crippen LogP contribution is -2.18. The van der Waals surface area contributed by atoms with E-state index in [4.69, 9.17) is 0 Å². The Morgan fingerprint density at radius 3 is 2.46 bits per heavy atom. The molecule has 1 heterocycles. The lowest BCUT2D eigenvalue weighted by Gasteiger charge is -2.06. The molecule has 1 rings (SSSR count). The first kappa shape index (κ1) is 12.4. The van der Waals surface area contributed by atoms with E-state index >= 15 is 0 Å². The van der Waals surface area contributed by atoms with E-state index in [1.165, 1.54) is 5.56 Å². The second-order valence-corrected chi connectivity index (χ2v) is 3.38. The van der Waals surface area contributed by atoms with Crippen molar-refractivity contribution >= 4 is 12.4 Å². The topological polar surface area (TPSA) is 24.9 Å². The summed E-state index contributed by atoms with van der Waals surface area (Å²) in [4.78, 5) is 3.96. The lowest BCUT2D eigenvalue weighted by molar-refractivity contribution is 0.552. The second-order valence-electron chi connectivity index (χ2n) is 3.38. The number of nitrogens with zero attached hydrogens (tertiary/aromatic N) is 1. The van der Waals surface area contributed by atoms with Gasteiger partial charge in [0.1, 0.15) is 0 Å². The van der Waals surface area contributed by atoms with Crippen LogP contribution in [0, 0.1) is 5.92 Å². The molecule has 0 atom stereocenters. The van der Waals surface area contributed by atoms with Crippen molar-refractivity contribution in [2.45, 2.75) is 20.4 Å². The van der Waals surface area contributed by atoms with E-state index in [1.54, 1.807) is 0 Å². The maximum atomic E-state index is 3.96. The number of nitrogens with one attached hydrogen (secondary N) is 1. The smallest absolute Gasteiger partial charge is 0.0271 e. The minimum Gasteiger partial charge on any atom is -0.312 e. The summed E-state index contributed by atoms with van der Waals surface area (Å²) in [6.45, 7) is 6.43. The van der Waals surface area contributed by atoms with Gasteiger partial charge in [-0.3, -0.25) is 4.98 Å². The van der Waals surface area contributed by atoms with Gasteiger partial charge in [0, 0.05) is 18.9 Å². The van der Waals surface area contributed by atoms with Crippen molar-refractivity contribution in [2.24, 2.45) is 5.92 Å². The summed E-state index contributed by atoms with van der Waals surface area (Å²) in [5.74, 6) is 0.715. The first-order valence-corrected chi connectivity index (χ1v) is 4.38. The molecule has 0 aliphatic rings. The van der Waals surface area contributed by atoms with E-state index in [-0.39, 0.29) is 12.4 Å². The van der Waals surface area contributed by atoms with Crippen molar-refractivity contribution in [3.8, 4) is 0 Å². The average molecular weight is 201 g/mol. The van der Waals surface area contributed by atoms with Crippen LogP contribution in [0.25, 0.3) is 0 Å². The number of pyridine rings is 1. The standard InChI is InChI=1S/C10H16N2.ClH/c1-9(2)7-12-8-10-3-5-11-6-4-10;/h3-6,9,12H,7-8H2,1-2H3;1H. The molecule has 0 amide bonds. The lowest BCUT2D eigenvalue weighted by atomic mass is 10.2.